The maximum atomic E-state index is 9.86. The van der Waals surface area contributed by atoms with Crippen molar-refractivity contribution >= 4 is 0 Å². The minimum Gasteiger partial charge on any atom is -0.508 e. The van der Waals surface area contributed by atoms with Gasteiger partial charge in [0.15, 0.2) is 0 Å². The lowest BCUT2D eigenvalue weighted by molar-refractivity contribution is 0.234. The molecule has 2 aromatic rings. The Morgan fingerprint density at radius 1 is 1.05 bits per heavy atom. The van der Waals surface area contributed by atoms with Crippen LogP contribution < -0.4 is 5.32 Å². The van der Waals surface area contributed by atoms with Crippen LogP contribution in [0.2, 0.25) is 0 Å². The predicted molar refractivity (Wildman–Crippen MR) is 77.6 cm³/mol. The molecule has 0 saturated heterocycles. The van der Waals surface area contributed by atoms with Crippen LogP contribution in [0.1, 0.15) is 30.1 Å². The van der Waals surface area contributed by atoms with Gasteiger partial charge < -0.3 is 20.6 Å². The van der Waals surface area contributed by atoms with Gasteiger partial charge in [-0.3, -0.25) is 0 Å². The molecule has 1 unspecified atom stereocenters. The van der Waals surface area contributed by atoms with E-state index >= 15 is 0 Å². The van der Waals surface area contributed by atoms with Crippen LogP contribution in [0.5, 0.6) is 11.5 Å². The van der Waals surface area contributed by atoms with Crippen molar-refractivity contribution in [3.63, 3.8) is 0 Å². The summed E-state index contributed by atoms with van der Waals surface area (Å²) in [5.74, 6) is 0.0648. The molecule has 4 N–H and O–H groups in total. The van der Waals surface area contributed by atoms with Crippen molar-refractivity contribution in [2.75, 3.05) is 6.61 Å². The highest BCUT2D eigenvalue weighted by Crippen LogP contribution is 2.29. The smallest absolute Gasteiger partial charge is 0.124 e. The molecule has 0 aliphatic carbocycles. The molecule has 0 fully saturated rings. The highest BCUT2D eigenvalue weighted by Gasteiger charge is 2.16. The molecule has 4 nitrogen and oxygen atoms in total. The van der Waals surface area contributed by atoms with E-state index in [9.17, 15) is 15.3 Å². The molecular formula is C16H19NO3. The van der Waals surface area contributed by atoms with Gasteiger partial charge in [-0.05, 0) is 18.6 Å². The van der Waals surface area contributed by atoms with E-state index in [0.717, 1.165) is 5.56 Å². The molecule has 0 aliphatic heterocycles. The zero-order valence-corrected chi connectivity index (χ0v) is 11.3. The van der Waals surface area contributed by atoms with E-state index in [2.05, 4.69) is 5.32 Å². The first kappa shape index (κ1) is 14.4. The molecule has 2 rings (SSSR count). The van der Waals surface area contributed by atoms with Gasteiger partial charge in [0.05, 0.1) is 12.6 Å². The van der Waals surface area contributed by atoms with E-state index < -0.39 is 0 Å². The van der Waals surface area contributed by atoms with Crippen LogP contribution in [-0.4, -0.2) is 21.9 Å². The fourth-order valence-corrected chi connectivity index (χ4v) is 2.23. The van der Waals surface area contributed by atoms with Gasteiger partial charge in [-0.25, -0.2) is 0 Å². The van der Waals surface area contributed by atoms with E-state index in [1.807, 2.05) is 37.3 Å². The zero-order chi connectivity index (χ0) is 14.5. The molecular weight excluding hydrogens is 254 g/mol. The summed E-state index contributed by atoms with van der Waals surface area (Å²) in [4.78, 5) is 0. The topological polar surface area (TPSA) is 72.7 Å². The van der Waals surface area contributed by atoms with Gasteiger partial charge in [0, 0.05) is 17.7 Å². The lowest BCUT2D eigenvalue weighted by atomic mass is 10.0. The van der Waals surface area contributed by atoms with E-state index in [-0.39, 0.29) is 30.2 Å². The molecule has 0 radical (unpaired) electrons. The number of aliphatic hydroxyl groups excluding tert-OH is 1. The van der Waals surface area contributed by atoms with Gasteiger partial charge in [-0.15, -0.1) is 0 Å². The summed E-state index contributed by atoms with van der Waals surface area (Å²) < 4.78 is 0. The number of rotatable bonds is 5. The van der Waals surface area contributed by atoms with Gasteiger partial charge in [0.25, 0.3) is 0 Å². The lowest BCUT2D eigenvalue weighted by Crippen LogP contribution is -2.27. The molecule has 0 amide bonds. The number of hydrogen-bond acceptors (Lipinski definition) is 4. The van der Waals surface area contributed by atoms with Crippen molar-refractivity contribution in [2.24, 2.45) is 0 Å². The van der Waals surface area contributed by atoms with E-state index in [4.69, 9.17) is 0 Å². The van der Waals surface area contributed by atoms with Gasteiger partial charge >= 0.3 is 0 Å². The highest BCUT2D eigenvalue weighted by atomic mass is 16.3. The maximum absolute atomic E-state index is 9.86. The Labute approximate surface area is 118 Å². The summed E-state index contributed by atoms with van der Waals surface area (Å²) in [7, 11) is 0. The second-order valence-electron chi connectivity index (χ2n) is 4.78. The van der Waals surface area contributed by atoms with Crippen LogP contribution in [0, 0.1) is 0 Å². The average Bonchev–Trinajstić information content (AvgIpc) is 2.45. The standard InChI is InChI=1S/C16H19NO3/c1-11(14-8-7-13(19)9-16(14)20)17-15(10-18)12-5-3-2-4-6-12/h2-9,11,15,17-20H,10H2,1H3/t11?,15-/m1/s1. The number of aliphatic hydroxyl groups is 1. The van der Waals surface area contributed by atoms with Crippen molar-refractivity contribution in [1.82, 2.24) is 5.32 Å². The number of benzene rings is 2. The van der Waals surface area contributed by atoms with Crippen molar-refractivity contribution in [1.29, 1.82) is 0 Å². The first-order valence-corrected chi connectivity index (χ1v) is 6.55. The summed E-state index contributed by atoms with van der Waals surface area (Å²) in [6.45, 7) is 1.87. The number of hydrogen-bond donors (Lipinski definition) is 4. The second-order valence-corrected chi connectivity index (χ2v) is 4.78. The van der Waals surface area contributed by atoms with Crippen LogP contribution in [-0.2, 0) is 0 Å². The summed E-state index contributed by atoms with van der Waals surface area (Å²) >= 11 is 0. The fourth-order valence-electron chi connectivity index (χ4n) is 2.23. The largest absolute Gasteiger partial charge is 0.508 e. The number of aromatic hydroxyl groups is 2. The molecule has 0 spiro atoms. The molecule has 20 heavy (non-hydrogen) atoms. The Morgan fingerprint density at radius 3 is 2.35 bits per heavy atom. The molecule has 0 saturated carbocycles. The third-order valence-corrected chi connectivity index (χ3v) is 3.32. The Bertz CT molecular complexity index is 557. The molecule has 2 atom stereocenters. The predicted octanol–water partition coefficient (Wildman–Crippen LogP) is 2.48. The monoisotopic (exact) mass is 273 g/mol. The number of phenolic OH excluding ortho intramolecular Hbond substituents is 2. The summed E-state index contributed by atoms with van der Waals surface area (Å²) in [5, 5.41) is 32.0. The number of phenols is 2. The third-order valence-electron chi connectivity index (χ3n) is 3.32. The fraction of sp³-hybridized carbons (Fsp3) is 0.250. The number of nitrogens with one attached hydrogen (secondary N) is 1. The summed E-state index contributed by atoms with van der Waals surface area (Å²) in [6, 6.07) is 13.8. The van der Waals surface area contributed by atoms with E-state index in [1.54, 1.807) is 6.07 Å². The van der Waals surface area contributed by atoms with Gasteiger partial charge in [0.1, 0.15) is 11.5 Å². The van der Waals surface area contributed by atoms with Crippen molar-refractivity contribution in [3.05, 3.63) is 59.7 Å². The van der Waals surface area contributed by atoms with Crippen molar-refractivity contribution in [3.8, 4) is 11.5 Å². The van der Waals surface area contributed by atoms with E-state index in [0.29, 0.717) is 5.56 Å². The van der Waals surface area contributed by atoms with Gasteiger partial charge in [0.2, 0.25) is 0 Å². The molecule has 0 heterocycles. The lowest BCUT2D eigenvalue weighted by Gasteiger charge is -2.23. The van der Waals surface area contributed by atoms with Crippen LogP contribution in [0.15, 0.2) is 48.5 Å². The SMILES string of the molecule is CC(N[C@H](CO)c1ccccc1)c1ccc(O)cc1O. The van der Waals surface area contributed by atoms with Crippen LogP contribution in [0.4, 0.5) is 0 Å². The molecule has 0 aliphatic rings. The summed E-state index contributed by atoms with van der Waals surface area (Å²) in [5.41, 5.74) is 1.66. The molecule has 4 heteroatoms. The first-order chi connectivity index (χ1) is 9.61. The molecule has 2 aromatic carbocycles. The minimum atomic E-state index is -0.209. The van der Waals surface area contributed by atoms with E-state index in [1.165, 1.54) is 12.1 Å². The third kappa shape index (κ3) is 3.29. The minimum absolute atomic E-state index is 0.0280. The second kappa shape index (κ2) is 6.41. The van der Waals surface area contributed by atoms with Crippen LogP contribution in [0.25, 0.3) is 0 Å². The van der Waals surface area contributed by atoms with Crippen LogP contribution in [0.3, 0.4) is 0 Å². The van der Waals surface area contributed by atoms with Gasteiger partial charge in [-0.1, -0.05) is 36.4 Å². The summed E-state index contributed by atoms with van der Waals surface area (Å²) in [6.07, 6.45) is 0. The molecule has 0 aromatic heterocycles. The molecule has 0 bridgehead atoms. The van der Waals surface area contributed by atoms with Crippen molar-refractivity contribution in [2.45, 2.75) is 19.0 Å². The Kier molecular flexibility index (Phi) is 4.61. The normalized spacial score (nSPS) is 13.9. The zero-order valence-electron chi connectivity index (χ0n) is 11.3. The Hall–Kier alpha value is -2.04. The average molecular weight is 273 g/mol. The van der Waals surface area contributed by atoms with Crippen molar-refractivity contribution < 1.29 is 15.3 Å². The first-order valence-electron chi connectivity index (χ1n) is 6.55. The van der Waals surface area contributed by atoms with Gasteiger partial charge in [-0.2, -0.15) is 0 Å². The Balaban J connectivity index is 2.15. The maximum Gasteiger partial charge on any atom is 0.124 e. The Morgan fingerprint density at radius 2 is 1.75 bits per heavy atom. The quantitative estimate of drug-likeness (QED) is 0.675. The highest BCUT2D eigenvalue weighted by molar-refractivity contribution is 5.40. The van der Waals surface area contributed by atoms with Crippen LogP contribution >= 0.6 is 0 Å². The molecule has 106 valence electrons.